The number of aromatic nitrogens is 1. The number of hydrogen-bond acceptors (Lipinski definition) is 5. The van der Waals surface area contributed by atoms with Gasteiger partial charge in [-0.1, -0.05) is 6.92 Å². The first-order chi connectivity index (χ1) is 7.90. The second kappa shape index (κ2) is 5.86. The van der Waals surface area contributed by atoms with E-state index in [2.05, 4.69) is 22.1 Å². The van der Waals surface area contributed by atoms with Gasteiger partial charge in [-0.05, 0) is 13.0 Å². The van der Waals surface area contributed by atoms with Crippen LogP contribution in [-0.4, -0.2) is 37.8 Å². The van der Waals surface area contributed by atoms with Crippen LogP contribution >= 0.6 is 0 Å². The van der Waals surface area contributed by atoms with Crippen molar-refractivity contribution < 1.29 is 9.15 Å². The fraction of sp³-hybridized carbons (Fsp3) is 0.727. The molecule has 1 N–H and O–H groups in total. The van der Waals surface area contributed by atoms with Gasteiger partial charge in [-0.3, -0.25) is 0 Å². The topological polar surface area (TPSA) is 50.5 Å². The van der Waals surface area contributed by atoms with Crippen LogP contribution in [-0.2, 0) is 11.3 Å². The highest BCUT2D eigenvalue weighted by atomic mass is 16.5. The minimum atomic E-state index is 0.719. The van der Waals surface area contributed by atoms with Gasteiger partial charge in [-0.25, -0.2) is 0 Å². The number of rotatable bonds is 5. The van der Waals surface area contributed by atoms with Crippen LogP contribution in [0.1, 0.15) is 19.0 Å². The zero-order valence-corrected chi connectivity index (χ0v) is 9.74. The van der Waals surface area contributed by atoms with Crippen LogP contribution in [0, 0.1) is 0 Å². The van der Waals surface area contributed by atoms with Crippen molar-refractivity contribution in [3.8, 4) is 0 Å². The van der Waals surface area contributed by atoms with Crippen LogP contribution in [0.15, 0.2) is 10.7 Å². The second-order valence-electron chi connectivity index (χ2n) is 3.90. The first-order valence-corrected chi connectivity index (χ1v) is 5.88. The van der Waals surface area contributed by atoms with Crippen LogP contribution in [0.2, 0.25) is 0 Å². The minimum Gasteiger partial charge on any atom is -0.432 e. The summed E-state index contributed by atoms with van der Waals surface area (Å²) < 4.78 is 10.7. The standard InChI is InChI=1S/C11H19N3O2/c1-2-3-12-8-10-9-16-11(13-10)14-4-6-15-7-5-14/h9,12H,2-8H2,1H3. The van der Waals surface area contributed by atoms with Crippen molar-refractivity contribution in [2.24, 2.45) is 0 Å². The van der Waals surface area contributed by atoms with Gasteiger partial charge >= 0.3 is 0 Å². The molecule has 0 aliphatic carbocycles. The number of oxazole rings is 1. The lowest BCUT2D eigenvalue weighted by molar-refractivity contribution is 0.120. The summed E-state index contributed by atoms with van der Waals surface area (Å²) >= 11 is 0. The summed E-state index contributed by atoms with van der Waals surface area (Å²) in [4.78, 5) is 6.56. The van der Waals surface area contributed by atoms with E-state index in [4.69, 9.17) is 9.15 Å². The van der Waals surface area contributed by atoms with E-state index in [1.54, 1.807) is 6.26 Å². The maximum atomic E-state index is 5.45. The van der Waals surface area contributed by atoms with Crippen LogP contribution in [0.4, 0.5) is 6.01 Å². The molecular formula is C11H19N3O2. The third-order valence-corrected chi connectivity index (χ3v) is 2.55. The highest BCUT2D eigenvalue weighted by Crippen LogP contribution is 2.14. The molecule has 0 unspecified atom stereocenters. The van der Waals surface area contributed by atoms with E-state index in [-0.39, 0.29) is 0 Å². The molecule has 1 aliphatic heterocycles. The molecule has 16 heavy (non-hydrogen) atoms. The molecule has 2 heterocycles. The molecule has 0 bridgehead atoms. The molecule has 2 rings (SSSR count). The first-order valence-electron chi connectivity index (χ1n) is 5.88. The van der Waals surface area contributed by atoms with Gasteiger partial charge in [-0.15, -0.1) is 0 Å². The maximum Gasteiger partial charge on any atom is 0.297 e. The van der Waals surface area contributed by atoms with Gasteiger partial charge in [0.05, 0.1) is 18.9 Å². The summed E-state index contributed by atoms with van der Waals surface area (Å²) in [6, 6.07) is 0.719. The molecule has 0 aromatic carbocycles. The Bertz CT molecular complexity index is 308. The summed E-state index contributed by atoms with van der Waals surface area (Å²) in [6.07, 6.45) is 2.86. The van der Waals surface area contributed by atoms with Gasteiger partial charge in [0.2, 0.25) is 0 Å². The second-order valence-corrected chi connectivity index (χ2v) is 3.90. The van der Waals surface area contributed by atoms with Gasteiger partial charge in [-0.2, -0.15) is 4.98 Å². The van der Waals surface area contributed by atoms with Crippen molar-refractivity contribution in [2.75, 3.05) is 37.7 Å². The molecule has 1 aromatic rings. The Kier molecular flexibility index (Phi) is 4.18. The largest absolute Gasteiger partial charge is 0.432 e. The average molecular weight is 225 g/mol. The molecule has 0 amide bonds. The van der Waals surface area contributed by atoms with E-state index in [9.17, 15) is 0 Å². The van der Waals surface area contributed by atoms with Crippen molar-refractivity contribution >= 4 is 6.01 Å². The predicted molar refractivity (Wildman–Crippen MR) is 61.5 cm³/mol. The monoisotopic (exact) mass is 225 g/mol. The number of nitrogens with one attached hydrogen (secondary N) is 1. The lowest BCUT2D eigenvalue weighted by atomic mass is 10.4. The Labute approximate surface area is 95.8 Å². The van der Waals surface area contributed by atoms with E-state index in [0.717, 1.165) is 57.5 Å². The number of morpholine rings is 1. The molecule has 90 valence electrons. The van der Waals surface area contributed by atoms with E-state index in [1.807, 2.05) is 0 Å². The van der Waals surface area contributed by atoms with Crippen LogP contribution in [0.5, 0.6) is 0 Å². The van der Waals surface area contributed by atoms with Gasteiger partial charge in [0.15, 0.2) is 0 Å². The van der Waals surface area contributed by atoms with E-state index < -0.39 is 0 Å². The van der Waals surface area contributed by atoms with Crippen molar-refractivity contribution in [1.82, 2.24) is 10.3 Å². The Hall–Kier alpha value is -1.07. The SMILES string of the molecule is CCCNCc1coc(N2CCOCC2)n1. The lowest BCUT2D eigenvalue weighted by Gasteiger charge is -2.24. The van der Waals surface area contributed by atoms with Gasteiger partial charge in [0.1, 0.15) is 6.26 Å². The van der Waals surface area contributed by atoms with E-state index in [0.29, 0.717) is 0 Å². The fourth-order valence-electron chi connectivity index (χ4n) is 1.67. The Balaban J connectivity index is 1.85. The summed E-state index contributed by atoms with van der Waals surface area (Å²) in [6.45, 7) is 7.18. The van der Waals surface area contributed by atoms with Gasteiger partial charge < -0.3 is 19.4 Å². The van der Waals surface area contributed by atoms with Crippen LogP contribution < -0.4 is 10.2 Å². The molecule has 1 saturated heterocycles. The third kappa shape index (κ3) is 2.96. The molecule has 1 fully saturated rings. The smallest absolute Gasteiger partial charge is 0.297 e. The highest BCUT2D eigenvalue weighted by Gasteiger charge is 2.15. The quantitative estimate of drug-likeness (QED) is 0.758. The van der Waals surface area contributed by atoms with Crippen LogP contribution in [0.25, 0.3) is 0 Å². The van der Waals surface area contributed by atoms with Crippen molar-refractivity contribution in [2.45, 2.75) is 19.9 Å². The fourth-order valence-corrected chi connectivity index (χ4v) is 1.67. The summed E-state index contributed by atoms with van der Waals surface area (Å²) in [5.41, 5.74) is 0.968. The van der Waals surface area contributed by atoms with Gasteiger partial charge in [0.25, 0.3) is 6.01 Å². The Morgan fingerprint density at radius 1 is 1.44 bits per heavy atom. The lowest BCUT2D eigenvalue weighted by Crippen LogP contribution is -2.36. The maximum absolute atomic E-state index is 5.45. The molecule has 0 radical (unpaired) electrons. The zero-order chi connectivity index (χ0) is 11.2. The molecule has 0 atom stereocenters. The van der Waals surface area contributed by atoms with E-state index in [1.165, 1.54) is 0 Å². The van der Waals surface area contributed by atoms with Crippen molar-refractivity contribution in [1.29, 1.82) is 0 Å². The average Bonchev–Trinajstić information content (AvgIpc) is 2.79. The molecule has 5 heteroatoms. The zero-order valence-electron chi connectivity index (χ0n) is 9.74. The molecule has 5 nitrogen and oxygen atoms in total. The highest BCUT2D eigenvalue weighted by molar-refractivity contribution is 5.27. The normalized spacial score (nSPS) is 16.7. The van der Waals surface area contributed by atoms with Crippen molar-refractivity contribution in [3.63, 3.8) is 0 Å². The summed E-state index contributed by atoms with van der Waals surface area (Å²) in [5, 5.41) is 3.30. The van der Waals surface area contributed by atoms with Crippen LogP contribution in [0.3, 0.4) is 0 Å². The van der Waals surface area contributed by atoms with Crippen molar-refractivity contribution in [3.05, 3.63) is 12.0 Å². The molecule has 0 saturated carbocycles. The summed E-state index contributed by atoms with van der Waals surface area (Å²) in [7, 11) is 0. The van der Waals surface area contributed by atoms with Gasteiger partial charge in [0, 0.05) is 19.6 Å². The molecule has 1 aliphatic rings. The third-order valence-electron chi connectivity index (χ3n) is 2.55. The first kappa shape index (κ1) is 11.4. The number of hydrogen-bond donors (Lipinski definition) is 1. The number of anilines is 1. The minimum absolute atomic E-state index is 0.719. The van der Waals surface area contributed by atoms with E-state index >= 15 is 0 Å². The summed E-state index contributed by atoms with van der Waals surface area (Å²) in [5.74, 6) is 0. The Morgan fingerprint density at radius 3 is 3.00 bits per heavy atom. The molecular weight excluding hydrogens is 206 g/mol. The molecule has 0 spiro atoms. The predicted octanol–water partition coefficient (Wildman–Crippen LogP) is 1.01. The number of nitrogens with zero attached hydrogens (tertiary/aromatic N) is 2. The number of ether oxygens (including phenoxy) is 1. The molecule has 1 aromatic heterocycles. The Morgan fingerprint density at radius 2 is 2.25 bits per heavy atom.